The summed E-state index contributed by atoms with van der Waals surface area (Å²) < 4.78 is 1.59. The van der Waals surface area contributed by atoms with E-state index in [0.29, 0.717) is 11.7 Å². The lowest BCUT2D eigenvalue weighted by molar-refractivity contribution is -0.118. The van der Waals surface area contributed by atoms with Crippen molar-refractivity contribution in [1.82, 2.24) is 19.8 Å². The van der Waals surface area contributed by atoms with Gasteiger partial charge in [-0.3, -0.25) is 14.2 Å². The number of fused-ring (bicyclic) bond motifs is 3. The molecule has 1 atom stereocenters. The molecule has 0 saturated heterocycles. The molecule has 1 N–H and O–H groups in total. The van der Waals surface area contributed by atoms with Crippen LogP contribution in [0.1, 0.15) is 34.9 Å². The molecular weight excluding hydrogens is 428 g/mol. The van der Waals surface area contributed by atoms with Crippen LogP contribution in [0.3, 0.4) is 0 Å². The van der Waals surface area contributed by atoms with Gasteiger partial charge in [0.05, 0.1) is 17.2 Å². The van der Waals surface area contributed by atoms with Crippen molar-refractivity contribution in [3.8, 4) is 0 Å². The number of carbonyl (C=O) groups excluding carboxylic acids is 1. The standard InChI is InChI=1S/C23H28N4O2S2/c1-26(2)17(15-9-5-4-6-10-15)13-24-19(28)14-30-23-25-21-20(22(29)27(23)3)16-11-7-8-12-18(16)31-21/h4-6,9-10,17H,7-8,11-14H2,1-3H3,(H,24,28)/t17-/m1/s1. The van der Waals surface area contributed by atoms with Crippen LogP contribution in [0.5, 0.6) is 0 Å². The van der Waals surface area contributed by atoms with Crippen molar-refractivity contribution in [2.75, 3.05) is 26.4 Å². The minimum absolute atomic E-state index is 0.00376. The summed E-state index contributed by atoms with van der Waals surface area (Å²) in [4.78, 5) is 34.5. The zero-order valence-corrected chi connectivity index (χ0v) is 19.8. The summed E-state index contributed by atoms with van der Waals surface area (Å²) in [6.07, 6.45) is 4.32. The number of nitrogens with one attached hydrogen (secondary N) is 1. The zero-order valence-electron chi connectivity index (χ0n) is 18.2. The first-order valence-corrected chi connectivity index (χ1v) is 12.4. The van der Waals surface area contributed by atoms with Crippen LogP contribution in [0.4, 0.5) is 0 Å². The van der Waals surface area contributed by atoms with Crippen molar-refractivity contribution in [3.05, 3.63) is 56.7 Å². The smallest absolute Gasteiger partial charge is 0.262 e. The number of thiophene rings is 1. The largest absolute Gasteiger partial charge is 0.353 e. The summed E-state index contributed by atoms with van der Waals surface area (Å²) in [5.74, 6) is 0.166. The molecule has 2 aromatic heterocycles. The number of likely N-dealkylation sites (N-methyl/N-ethyl adjacent to an activating group) is 1. The van der Waals surface area contributed by atoms with E-state index in [1.54, 1.807) is 23.0 Å². The second kappa shape index (κ2) is 9.54. The molecule has 0 radical (unpaired) electrons. The van der Waals surface area contributed by atoms with Gasteiger partial charge in [-0.25, -0.2) is 4.98 Å². The Bertz CT molecular complexity index is 1140. The van der Waals surface area contributed by atoms with Gasteiger partial charge in [-0.05, 0) is 50.9 Å². The van der Waals surface area contributed by atoms with E-state index in [9.17, 15) is 9.59 Å². The molecule has 0 aliphatic heterocycles. The Kier molecular flexibility index (Phi) is 6.79. The Morgan fingerprint density at radius 1 is 1.26 bits per heavy atom. The van der Waals surface area contributed by atoms with Crippen molar-refractivity contribution < 1.29 is 4.79 Å². The van der Waals surface area contributed by atoms with E-state index in [2.05, 4.69) is 22.3 Å². The SMILES string of the molecule is CN(C)[C@H](CNC(=O)CSc1nc2sc3c(c2c(=O)n1C)CCCC3)c1ccccc1. The maximum atomic E-state index is 13.0. The van der Waals surface area contributed by atoms with Gasteiger partial charge in [0.25, 0.3) is 5.56 Å². The molecular formula is C23H28N4O2S2. The number of amides is 1. The Balaban J connectivity index is 1.43. The first-order valence-electron chi connectivity index (χ1n) is 10.6. The van der Waals surface area contributed by atoms with Gasteiger partial charge < -0.3 is 10.2 Å². The van der Waals surface area contributed by atoms with Crippen molar-refractivity contribution in [2.24, 2.45) is 7.05 Å². The molecule has 3 aromatic rings. The van der Waals surface area contributed by atoms with Crippen molar-refractivity contribution in [2.45, 2.75) is 36.9 Å². The average molecular weight is 457 g/mol. The maximum Gasteiger partial charge on any atom is 0.262 e. The molecule has 1 amide bonds. The fraction of sp³-hybridized carbons (Fsp3) is 0.435. The molecule has 1 aromatic carbocycles. The van der Waals surface area contributed by atoms with Crippen LogP contribution in [-0.2, 0) is 24.7 Å². The summed E-state index contributed by atoms with van der Waals surface area (Å²) in [6.45, 7) is 0.527. The minimum Gasteiger partial charge on any atom is -0.353 e. The molecule has 0 bridgehead atoms. The molecule has 0 unspecified atom stereocenters. The number of rotatable bonds is 7. The quantitative estimate of drug-likeness (QED) is 0.436. The summed E-state index contributed by atoms with van der Waals surface area (Å²) in [5, 5.41) is 4.41. The third-order valence-electron chi connectivity index (χ3n) is 5.79. The van der Waals surface area contributed by atoms with Gasteiger partial charge in [0.2, 0.25) is 5.91 Å². The summed E-state index contributed by atoms with van der Waals surface area (Å²) in [6, 6.07) is 10.3. The van der Waals surface area contributed by atoms with Crippen molar-refractivity contribution in [1.29, 1.82) is 0 Å². The molecule has 0 spiro atoms. The van der Waals surface area contributed by atoms with Crippen LogP contribution < -0.4 is 10.9 Å². The molecule has 4 rings (SSSR count). The fourth-order valence-electron chi connectivity index (χ4n) is 4.06. The topological polar surface area (TPSA) is 67.2 Å². The lowest BCUT2D eigenvalue weighted by atomic mass is 9.97. The summed E-state index contributed by atoms with van der Waals surface area (Å²) in [7, 11) is 5.77. The Morgan fingerprint density at radius 2 is 2.00 bits per heavy atom. The lowest BCUT2D eigenvalue weighted by Gasteiger charge is -2.25. The van der Waals surface area contributed by atoms with Gasteiger partial charge in [0.1, 0.15) is 4.83 Å². The number of nitrogens with zero attached hydrogens (tertiary/aromatic N) is 3. The number of aryl methyl sites for hydroxylation is 2. The van der Waals surface area contributed by atoms with E-state index < -0.39 is 0 Å². The average Bonchev–Trinajstić information content (AvgIpc) is 3.14. The highest BCUT2D eigenvalue weighted by molar-refractivity contribution is 7.99. The van der Waals surface area contributed by atoms with Crippen LogP contribution in [0.2, 0.25) is 0 Å². The van der Waals surface area contributed by atoms with Gasteiger partial charge >= 0.3 is 0 Å². The van der Waals surface area contributed by atoms with Gasteiger partial charge in [-0.15, -0.1) is 11.3 Å². The second-order valence-corrected chi connectivity index (χ2v) is 10.2. The monoisotopic (exact) mass is 456 g/mol. The van der Waals surface area contributed by atoms with E-state index in [1.165, 1.54) is 28.6 Å². The first kappa shape index (κ1) is 22.0. The van der Waals surface area contributed by atoms with E-state index >= 15 is 0 Å². The van der Waals surface area contributed by atoms with Crippen LogP contribution in [0.15, 0.2) is 40.3 Å². The van der Waals surface area contributed by atoms with Crippen molar-refractivity contribution in [3.63, 3.8) is 0 Å². The predicted octanol–water partition coefficient (Wildman–Crippen LogP) is 3.39. The minimum atomic E-state index is -0.0624. The van der Waals surface area contributed by atoms with E-state index in [1.807, 2.05) is 32.3 Å². The lowest BCUT2D eigenvalue weighted by Crippen LogP contribution is -2.35. The molecule has 1 aliphatic carbocycles. The van der Waals surface area contributed by atoms with Crippen LogP contribution in [-0.4, -0.2) is 46.8 Å². The molecule has 8 heteroatoms. The number of hydrogen-bond acceptors (Lipinski definition) is 6. The summed E-state index contributed by atoms with van der Waals surface area (Å²) >= 11 is 2.96. The van der Waals surface area contributed by atoms with Crippen LogP contribution in [0.25, 0.3) is 10.2 Å². The van der Waals surface area contributed by atoms with E-state index in [4.69, 9.17) is 4.98 Å². The Morgan fingerprint density at radius 3 is 2.74 bits per heavy atom. The van der Waals surface area contributed by atoms with E-state index in [0.717, 1.165) is 35.0 Å². The number of thioether (sulfide) groups is 1. The Hall–Kier alpha value is -2.16. The predicted molar refractivity (Wildman–Crippen MR) is 128 cm³/mol. The number of carbonyl (C=O) groups is 1. The van der Waals surface area contributed by atoms with Crippen LogP contribution >= 0.6 is 23.1 Å². The highest BCUT2D eigenvalue weighted by Gasteiger charge is 2.22. The fourth-order valence-corrected chi connectivity index (χ4v) is 6.17. The molecule has 0 fully saturated rings. The Labute approximate surface area is 190 Å². The van der Waals surface area contributed by atoms with E-state index in [-0.39, 0.29) is 23.3 Å². The molecule has 6 nitrogen and oxygen atoms in total. The first-order chi connectivity index (χ1) is 15.0. The van der Waals surface area contributed by atoms with Gasteiger partial charge in [-0.2, -0.15) is 0 Å². The zero-order chi connectivity index (χ0) is 22.0. The third kappa shape index (κ3) is 4.71. The number of benzene rings is 1. The highest BCUT2D eigenvalue weighted by Crippen LogP contribution is 2.34. The van der Waals surface area contributed by atoms with Gasteiger partial charge in [-0.1, -0.05) is 42.1 Å². The molecule has 2 heterocycles. The molecule has 1 aliphatic rings. The molecule has 164 valence electrons. The number of aromatic nitrogens is 2. The summed E-state index contributed by atoms with van der Waals surface area (Å²) in [5.41, 5.74) is 2.37. The second-order valence-electron chi connectivity index (χ2n) is 8.13. The van der Waals surface area contributed by atoms with Crippen LogP contribution in [0, 0.1) is 0 Å². The highest BCUT2D eigenvalue weighted by atomic mass is 32.2. The van der Waals surface area contributed by atoms with Gasteiger partial charge in [0, 0.05) is 18.5 Å². The van der Waals surface area contributed by atoms with Gasteiger partial charge in [0.15, 0.2) is 5.16 Å². The normalized spacial score (nSPS) is 14.6. The molecule has 0 saturated carbocycles. The third-order valence-corrected chi connectivity index (χ3v) is 8.00. The van der Waals surface area contributed by atoms with Crippen molar-refractivity contribution >= 4 is 39.2 Å². The number of hydrogen-bond donors (Lipinski definition) is 1. The maximum absolute atomic E-state index is 13.0. The molecule has 31 heavy (non-hydrogen) atoms.